The zero-order chi connectivity index (χ0) is 16.8. The van der Waals surface area contributed by atoms with Crippen molar-refractivity contribution in [1.29, 1.82) is 0 Å². The lowest BCUT2D eigenvalue weighted by Crippen LogP contribution is -2.38. The Hall–Kier alpha value is -2.67. The Bertz CT molecular complexity index is 682. The van der Waals surface area contributed by atoms with Crippen LogP contribution in [-0.4, -0.2) is 46.5 Å². The summed E-state index contributed by atoms with van der Waals surface area (Å²) < 4.78 is 6.51. The molecule has 0 radical (unpaired) electrons. The Balaban J connectivity index is 2.03. The molecule has 1 heterocycles. The minimum atomic E-state index is -1.12. The van der Waals surface area contributed by atoms with E-state index in [1.807, 2.05) is 30.3 Å². The number of hydrogen-bond acceptors (Lipinski definition) is 4. The van der Waals surface area contributed by atoms with Crippen LogP contribution in [0.25, 0.3) is 0 Å². The molecule has 2 rings (SSSR count). The van der Waals surface area contributed by atoms with Gasteiger partial charge in [0, 0.05) is 12.8 Å². The van der Waals surface area contributed by atoms with Crippen molar-refractivity contribution in [3.05, 3.63) is 53.3 Å². The van der Waals surface area contributed by atoms with Crippen LogP contribution in [0.4, 0.5) is 0 Å². The maximum atomic E-state index is 12.2. The van der Waals surface area contributed by atoms with E-state index in [1.165, 1.54) is 13.3 Å². The van der Waals surface area contributed by atoms with Gasteiger partial charge in [0.15, 0.2) is 6.10 Å². The van der Waals surface area contributed by atoms with E-state index in [2.05, 4.69) is 10.4 Å². The lowest BCUT2D eigenvalue weighted by atomic mass is 10.2. The van der Waals surface area contributed by atoms with Crippen LogP contribution in [0, 0.1) is 6.92 Å². The number of benzene rings is 1. The van der Waals surface area contributed by atoms with E-state index in [-0.39, 0.29) is 12.5 Å². The van der Waals surface area contributed by atoms with E-state index in [0.717, 1.165) is 11.3 Å². The number of aromatic nitrogens is 2. The normalized spacial score (nSPS) is 11.9. The van der Waals surface area contributed by atoms with Gasteiger partial charge in [-0.3, -0.25) is 9.48 Å². The molecule has 7 nitrogen and oxygen atoms in total. The van der Waals surface area contributed by atoms with E-state index in [0.29, 0.717) is 12.1 Å². The van der Waals surface area contributed by atoms with E-state index in [1.54, 1.807) is 11.6 Å². The zero-order valence-electron chi connectivity index (χ0n) is 13.0. The van der Waals surface area contributed by atoms with Gasteiger partial charge in [-0.25, -0.2) is 4.79 Å². The number of carboxylic acid groups (broad SMARTS) is 1. The van der Waals surface area contributed by atoms with E-state index >= 15 is 0 Å². The Morgan fingerprint density at radius 1 is 1.35 bits per heavy atom. The lowest BCUT2D eigenvalue weighted by Gasteiger charge is -2.11. The van der Waals surface area contributed by atoms with E-state index in [4.69, 9.17) is 9.84 Å². The van der Waals surface area contributed by atoms with Gasteiger partial charge in [0.25, 0.3) is 5.91 Å². The Kier molecular flexibility index (Phi) is 5.48. The zero-order valence-corrected chi connectivity index (χ0v) is 13.0. The Morgan fingerprint density at radius 2 is 2.04 bits per heavy atom. The van der Waals surface area contributed by atoms with Crippen molar-refractivity contribution in [3.8, 4) is 0 Å². The molecule has 122 valence electrons. The molecule has 0 aliphatic heterocycles. The van der Waals surface area contributed by atoms with Crippen LogP contribution in [0.5, 0.6) is 0 Å². The van der Waals surface area contributed by atoms with Crippen LogP contribution in [0.1, 0.15) is 21.6 Å². The molecule has 0 saturated carbocycles. The summed E-state index contributed by atoms with van der Waals surface area (Å²) in [6.45, 7) is 2.26. The second-order valence-electron chi connectivity index (χ2n) is 5.06. The average molecular weight is 317 g/mol. The number of amides is 1. The smallest absolute Gasteiger partial charge is 0.334 e. The largest absolute Gasteiger partial charge is 0.479 e. The highest BCUT2D eigenvalue weighted by molar-refractivity contribution is 5.95. The number of nitrogens with zero attached hydrogens (tertiary/aromatic N) is 2. The molecule has 1 aromatic carbocycles. The number of carbonyl (C=O) groups is 2. The number of nitrogens with one attached hydrogen (secondary N) is 1. The fraction of sp³-hybridized carbons (Fsp3) is 0.312. The molecule has 1 amide bonds. The van der Waals surface area contributed by atoms with Gasteiger partial charge in [-0.15, -0.1) is 0 Å². The summed E-state index contributed by atoms with van der Waals surface area (Å²) >= 11 is 0. The van der Waals surface area contributed by atoms with Crippen molar-refractivity contribution in [2.24, 2.45) is 0 Å². The van der Waals surface area contributed by atoms with Crippen molar-refractivity contribution >= 4 is 11.9 Å². The predicted molar refractivity (Wildman–Crippen MR) is 83.3 cm³/mol. The van der Waals surface area contributed by atoms with Crippen molar-refractivity contribution in [1.82, 2.24) is 15.1 Å². The molecule has 7 heteroatoms. The number of rotatable bonds is 7. The molecule has 0 spiro atoms. The van der Waals surface area contributed by atoms with Crippen LogP contribution in [-0.2, 0) is 16.1 Å². The van der Waals surface area contributed by atoms with Gasteiger partial charge in [-0.05, 0) is 12.5 Å². The quantitative estimate of drug-likeness (QED) is 0.797. The molecular weight excluding hydrogens is 298 g/mol. The Morgan fingerprint density at radius 3 is 2.65 bits per heavy atom. The number of aliphatic carboxylic acids is 1. The molecule has 0 aliphatic carbocycles. The maximum absolute atomic E-state index is 12.2. The first-order chi connectivity index (χ1) is 11.0. The summed E-state index contributed by atoms with van der Waals surface area (Å²) in [5, 5.41) is 15.7. The second-order valence-corrected chi connectivity index (χ2v) is 5.06. The number of hydrogen-bond donors (Lipinski definition) is 2. The summed E-state index contributed by atoms with van der Waals surface area (Å²) in [6, 6.07) is 9.79. The number of ether oxygens (including phenoxy) is 1. The van der Waals surface area contributed by atoms with Gasteiger partial charge in [-0.1, -0.05) is 30.3 Å². The number of carbonyl (C=O) groups excluding carboxylic acids is 1. The molecule has 1 aromatic heterocycles. The molecule has 1 unspecified atom stereocenters. The first-order valence-corrected chi connectivity index (χ1v) is 7.13. The van der Waals surface area contributed by atoms with Crippen molar-refractivity contribution < 1.29 is 19.4 Å². The number of carboxylic acids is 1. The first kappa shape index (κ1) is 16.7. The molecule has 0 fully saturated rings. The molecule has 0 bridgehead atoms. The minimum Gasteiger partial charge on any atom is -0.479 e. The molecule has 1 atom stereocenters. The third kappa shape index (κ3) is 4.17. The van der Waals surface area contributed by atoms with Gasteiger partial charge in [0.2, 0.25) is 0 Å². The highest BCUT2D eigenvalue weighted by Gasteiger charge is 2.19. The summed E-state index contributed by atoms with van der Waals surface area (Å²) in [5.41, 5.74) is 2.22. The molecule has 0 aliphatic rings. The van der Waals surface area contributed by atoms with E-state index < -0.39 is 12.1 Å². The van der Waals surface area contributed by atoms with Crippen LogP contribution in [0.3, 0.4) is 0 Å². The maximum Gasteiger partial charge on any atom is 0.334 e. The van der Waals surface area contributed by atoms with Crippen LogP contribution < -0.4 is 5.32 Å². The SMILES string of the molecule is COC(CNC(=O)c1cnn(Cc2ccccc2)c1C)C(=O)O. The standard InChI is InChI=1S/C16H19N3O4/c1-11-13(15(20)17-9-14(23-2)16(21)22)8-18-19(11)10-12-6-4-3-5-7-12/h3-8,14H,9-10H2,1-2H3,(H,17,20)(H,21,22). The molecule has 0 saturated heterocycles. The van der Waals surface area contributed by atoms with Crippen LogP contribution in [0.2, 0.25) is 0 Å². The summed E-state index contributed by atoms with van der Waals surface area (Å²) in [6.07, 6.45) is 0.412. The van der Waals surface area contributed by atoms with Gasteiger partial charge < -0.3 is 15.2 Å². The Labute approximate surface area is 133 Å². The monoisotopic (exact) mass is 317 g/mol. The topological polar surface area (TPSA) is 93.5 Å². The fourth-order valence-corrected chi connectivity index (χ4v) is 2.14. The molecule has 23 heavy (non-hydrogen) atoms. The molecule has 2 aromatic rings. The lowest BCUT2D eigenvalue weighted by molar-refractivity contribution is -0.148. The highest BCUT2D eigenvalue weighted by atomic mass is 16.5. The molecular formula is C16H19N3O4. The third-order valence-corrected chi connectivity index (χ3v) is 3.53. The summed E-state index contributed by atoms with van der Waals surface area (Å²) in [7, 11) is 1.29. The van der Waals surface area contributed by atoms with E-state index in [9.17, 15) is 9.59 Å². The fourth-order valence-electron chi connectivity index (χ4n) is 2.14. The van der Waals surface area contributed by atoms with Gasteiger partial charge >= 0.3 is 5.97 Å². The first-order valence-electron chi connectivity index (χ1n) is 7.13. The van der Waals surface area contributed by atoms with Gasteiger partial charge in [0.05, 0.1) is 24.8 Å². The highest BCUT2D eigenvalue weighted by Crippen LogP contribution is 2.10. The average Bonchev–Trinajstić information content (AvgIpc) is 2.89. The second kappa shape index (κ2) is 7.55. The molecule has 2 N–H and O–H groups in total. The summed E-state index contributed by atoms with van der Waals surface area (Å²) in [4.78, 5) is 23.0. The summed E-state index contributed by atoms with van der Waals surface area (Å²) in [5.74, 6) is -1.49. The van der Waals surface area contributed by atoms with Crippen LogP contribution >= 0.6 is 0 Å². The third-order valence-electron chi connectivity index (χ3n) is 3.53. The number of methoxy groups -OCH3 is 1. The van der Waals surface area contributed by atoms with Crippen molar-refractivity contribution in [2.45, 2.75) is 19.6 Å². The predicted octanol–water partition coefficient (Wildman–Crippen LogP) is 1.07. The minimum absolute atomic E-state index is 0.103. The van der Waals surface area contributed by atoms with Gasteiger partial charge in [0.1, 0.15) is 0 Å². The van der Waals surface area contributed by atoms with Gasteiger partial charge in [-0.2, -0.15) is 5.10 Å². The van der Waals surface area contributed by atoms with Crippen LogP contribution in [0.15, 0.2) is 36.5 Å². The van der Waals surface area contributed by atoms with Crippen molar-refractivity contribution in [2.75, 3.05) is 13.7 Å². The van der Waals surface area contributed by atoms with Crippen molar-refractivity contribution in [3.63, 3.8) is 0 Å².